The Morgan fingerprint density at radius 2 is 2.08 bits per heavy atom. The van der Waals surface area contributed by atoms with E-state index in [1.54, 1.807) is 12.6 Å². The fourth-order valence-corrected chi connectivity index (χ4v) is 3.92. The van der Waals surface area contributed by atoms with Crippen molar-refractivity contribution in [2.24, 2.45) is 0 Å². The monoisotopic (exact) mass is 345 g/mol. The maximum atomic E-state index is 13.3. The van der Waals surface area contributed by atoms with Gasteiger partial charge in [-0.1, -0.05) is 25.3 Å². The summed E-state index contributed by atoms with van der Waals surface area (Å²) in [6.07, 6.45) is 7.44. The molecule has 0 N–H and O–H groups in total. The predicted octanol–water partition coefficient (Wildman–Crippen LogP) is 3.97. The van der Waals surface area contributed by atoms with Gasteiger partial charge in [0.1, 0.15) is 10.7 Å². The first-order chi connectivity index (χ1) is 11.7. The summed E-state index contributed by atoms with van der Waals surface area (Å²) in [6.45, 7) is 2.35. The van der Waals surface area contributed by atoms with Gasteiger partial charge in [-0.15, -0.1) is 11.3 Å². The molecule has 5 nitrogen and oxygen atoms in total. The van der Waals surface area contributed by atoms with Gasteiger partial charge in [-0.3, -0.25) is 9.69 Å². The third-order valence-electron chi connectivity index (χ3n) is 4.42. The van der Waals surface area contributed by atoms with Crippen LogP contribution >= 0.6 is 11.3 Å². The van der Waals surface area contributed by atoms with Gasteiger partial charge in [-0.25, -0.2) is 9.97 Å². The number of thiazole rings is 1. The zero-order valence-corrected chi connectivity index (χ0v) is 15.0. The Balaban J connectivity index is 1.95. The molecule has 0 saturated heterocycles. The number of pyridine rings is 1. The third kappa shape index (κ3) is 3.65. The van der Waals surface area contributed by atoms with Crippen LogP contribution in [-0.4, -0.2) is 29.0 Å². The largest absolute Gasteiger partial charge is 0.378 e. The highest BCUT2D eigenvalue weighted by Crippen LogP contribution is 2.29. The van der Waals surface area contributed by atoms with E-state index in [-0.39, 0.29) is 11.9 Å². The smallest absolute Gasteiger partial charge is 0.271 e. The Morgan fingerprint density at radius 3 is 2.75 bits per heavy atom. The number of hydrogen-bond donors (Lipinski definition) is 0. The summed E-state index contributed by atoms with van der Waals surface area (Å²) in [7, 11) is 1.62. The van der Waals surface area contributed by atoms with Crippen molar-refractivity contribution < 1.29 is 9.53 Å². The quantitative estimate of drug-likeness (QED) is 0.823. The predicted molar refractivity (Wildman–Crippen MR) is 95.5 cm³/mol. The van der Waals surface area contributed by atoms with Crippen molar-refractivity contribution in [2.75, 3.05) is 12.0 Å². The van der Waals surface area contributed by atoms with Crippen LogP contribution in [0, 0.1) is 6.92 Å². The molecule has 1 amide bonds. The molecule has 0 atom stereocenters. The molecule has 2 aromatic rings. The second kappa shape index (κ2) is 7.85. The molecule has 0 radical (unpaired) electrons. The van der Waals surface area contributed by atoms with Crippen LogP contribution in [0.4, 0.5) is 5.82 Å². The van der Waals surface area contributed by atoms with Gasteiger partial charge in [-0.05, 0) is 31.4 Å². The molecule has 0 aromatic carbocycles. The van der Waals surface area contributed by atoms with Gasteiger partial charge in [0.25, 0.3) is 5.91 Å². The van der Waals surface area contributed by atoms with Crippen LogP contribution < -0.4 is 4.90 Å². The number of aryl methyl sites for hydroxylation is 1. The van der Waals surface area contributed by atoms with E-state index in [2.05, 4.69) is 9.97 Å². The van der Waals surface area contributed by atoms with Gasteiger partial charge in [0.2, 0.25) is 0 Å². The lowest BCUT2D eigenvalue weighted by molar-refractivity contribution is 0.0968. The molecule has 24 heavy (non-hydrogen) atoms. The molecule has 0 spiro atoms. The summed E-state index contributed by atoms with van der Waals surface area (Å²) in [4.78, 5) is 24.6. The highest BCUT2D eigenvalue weighted by Gasteiger charge is 2.30. The average molecular weight is 345 g/mol. The number of carbonyl (C=O) groups is 1. The molecule has 1 saturated carbocycles. The number of aromatic nitrogens is 2. The van der Waals surface area contributed by atoms with Crippen molar-refractivity contribution in [3.63, 3.8) is 0 Å². The topological polar surface area (TPSA) is 55.3 Å². The molecular formula is C18H23N3O2S. The zero-order chi connectivity index (χ0) is 16.9. The van der Waals surface area contributed by atoms with E-state index in [9.17, 15) is 4.79 Å². The minimum absolute atomic E-state index is 0.00666. The van der Waals surface area contributed by atoms with E-state index >= 15 is 0 Å². The van der Waals surface area contributed by atoms with Crippen LogP contribution in [0.1, 0.15) is 53.0 Å². The number of ether oxygens (including phenoxy) is 1. The normalized spacial score (nSPS) is 15.4. The molecule has 0 bridgehead atoms. The van der Waals surface area contributed by atoms with Gasteiger partial charge >= 0.3 is 0 Å². The molecule has 1 aliphatic carbocycles. The number of amides is 1. The zero-order valence-electron chi connectivity index (χ0n) is 14.2. The van der Waals surface area contributed by atoms with Crippen LogP contribution in [0.2, 0.25) is 0 Å². The van der Waals surface area contributed by atoms with E-state index in [4.69, 9.17) is 4.74 Å². The van der Waals surface area contributed by atoms with Crippen LogP contribution in [0.3, 0.4) is 0 Å². The highest BCUT2D eigenvalue weighted by atomic mass is 32.1. The Bertz CT molecular complexity index is 678. The molecule has 1 fully saturated rings. The van der Waals surface area contributed by atoms with Gasteiger partial charge in [0.05, 0.1) is 17.8 Å². The second-order valence-corrected chi connectivity index (χ2v) is 7.08. The third-order valence-corrected chi connectivity index (χ3v) is 5.27. The van der Waals surface area contributed by atoms with Crippen molar-refractivity contribution >= 4 is 23.1 Å². The minimum atomic E-state index is -0.00666. The fraction of sp³-hybridized carbons (Fsp3) is 0.500. The number of methoxy groups -OCH3 is 1. The van der Waals surface area contributed by atoms with Crippen LogP contribution in [-0.2, 0) is 11.3 Å². The lowest BCUT2D eigenvalue weighted by atomic mass is 9.94. The number of nitrogens with zero attached hydrogens (tertiary/aromatic N) is 3. The molecule has 1 aliphatic rings. The summed E-state index contributed by atoms with van der Waals surface area (Å²) in [5.41, 5.74) is 3.51. The summed E-state index contributed by atoms with van der Waals surface area (Å²) in [6, 6.07) is 4.16. The van der Waals surface area contributed by atoms with Crippen molar-refractivity contribution in [2.45, 2.75) is 51.7 Å². The Labute approximate surface area is 146 Å². The molecule has 3 rings (SSSR count). The van der Waals surface area contributed by atoms with E-state index in [0.29, 0.717) is 17.2 Å². The Kier molecular flexibility index (Phi) is 5.58. The molecule has 2 heterocycles. The Hall–Kier alpha value is -1.79. The van der Waals surface area contributed by atoms with Gasteiger partial charge in [0.15, 0.2) is 0 Å². The van der Waals surface area contributed by atoms with Gasteiger partial charge < -0.3 is 4.74 Å². The van der Waals surface area contributed by atoms with Crippen molar-refractivity contribution in [3.8, 4) is 0 Å². The van der Waals surface area contributed by atoms with Crippen molar-refractivity contribution in [1.29, 1.82) is 0 Å². The maximum Gasteiger partial charge on any atom is 0.271 e. The average Bonchev–Trinajstić information content (AvgIpc) is 3.06. The molecule has 2 aromatic heterocycles. The first-order valence-electron chi connectivity index (χ1n) is 8.38. The SMILES string of the molecule is COCc1ncsc1C(=O)N(c1ccc(C)cn1)C1CCCCC1. The first-order valence-corrected chi connectivity index (χ1v) is 9.26. The van der Waals surface area contributed by atoms with E-state index in [1.807, 2.05) is 30.2 Å². The number of anilines is 1. The Morgan fingerprint density at radius 1 is 1.29 bits per heavy atom. The van der Waals surface area contributed by atoms with Gasteiger partial charge in [0, 0.05) is 19.3 Å². The first kappa shape index (κ1) is 17.0. The summed E-state index contributed by atoms with van der Waals surface area (Å²) in [5, 5.41) is 0. The lowest BCUT2D eigenvalue weighted by Gasteiger charge is -2.33. The fourth-order valence-electron chi connectivity index (χ4n) is 3.19. The molecule has 0 unspecified atom stereocenters. The number of hydrogen-bond acceptors (Lipinski definition) is 5. The number of rotatable bonds is 5. The van der Waals surface area contributed by atoms with Crippen LogP contribution in [0.15, 0.2) is 23.8 Å². The molecular weight excluding hydrogens is 322 g/mol. The van der Waals surface area contributed by atoms with Crippen LogP contribution in [0.5, 0.6) is 0 Å². The van der Waals surface area contributed by atoms with Gasteiger partial charge in [-0.2, -0.15) is 0 Å². The van der Waals surface area contributed by atoms with Crippen LogP contribution in [0.25, 0.3) is 0 Å². The molecule has 128 valence electrons. The van der Waals surface area contributed by atoms with E-state index in [1.165, 1.54) is 17.8 Å². The number of carbonyl (C=O) groups excluding carboxylic acids is 1. The summed E-state index contributed by atoms with van der Waals surface area (Å²) >= 11 is 1.38. The minimum Gasteiger partial charge on any atom is -0.378 e. The van der Waals surface area contributed by atoms with E-state index in [0.717, 1.165) is 37.1 Å². The highest BCUT2D eigenvalue weighted by molar-refractivity contribution is 7.12. The maximum absolute atomic E-state index is 13.3. The molecule has 6 heteroatoms. The summed E-state index contributed by atoms with van der Waals surface area (Å²) in [5.74, 6) is 0.724. The second-order valence-electron chi connectivity index (χ2n) is 6.22. The summed E-state index contributed by atoms with van der Waals surface area (Å²) < 4.78 is 5.18. The van der Waals surface area contributed by atoms with Crippen molar-refractivity contribution in [3.05, 3.63) is 40.0 Å². The molecule has 0 aliphatic heterocycles. The standard InChI is InChI=1S/C18H23N3O2S/c1-13-8-9-16(19-10-13)21(14-6-4-3-5-7-14)18(22)17-15(11-23-2)20-12-24-17/h8-10,12,14H,3-7,11H2,1-2H3. The van der Waals surface area contributed by atoms with Crippen molar-refractivity contribution in [1.82, 2.24) is 9.97 Å². The lowest BCUT2D eigenvalue weighted by Crippen LogP contribution is -2.42. The van der Waals surface area contributed by atoms with E-state index < -0.39 is 0 Å².